The van der Waals surface area contributed by atoms with Gasteiger partial charge in [0.2, 0.25) is 5.91 Å². The molecule has 0 saturated carbocycles. The molecule has 0 aromatic heterocycles. The topological polar surface area (TPSA) is 87.7 Å². The van der Waals surface area contributed by atoms with Crippen LogP contribution in [-0.2, 0) is 20.7 Å². The zero-order valence-corrected chi connectivity index (χ0v) is 26.3. The monoisotopic (exact) mass is 551 g/mol. The van der Waals surface area contributed by atoms with Crippen LogP contribution in [0.4, 0.5) is 10.5 Å². The molecule has 0 heterocycles. The normalized spacial score (nSPS) is 13.4. The van der Waals surface area contributed by atoms with Gasteiger partial charge in [0.25, 0.3) is 5.91 Å². The van der Waals surface area contributed by atoms with E-state index in [4.69, 9.17) is 4.74 Å². The van der Waals surface area contributed by atoms with Crippen molar-refractivity contribution in [3.8, 4) is 0 Å². The zero-order valence-electron chi connectivity index (χ0n) is 26.3. The van der Waals surface area contributed by atoms with Crippen LogP contribution in [0.3, 0.4) is 0 Å². The minimum Gasteiger partial charge on any atom is -0.444 e. The number of carbonyl (C=O) groups is 3. The van der Waals surface area contributed by atoms with E-state index >= 15 is 0 Å². The quantitative estimate of drug-likeness (QED) is 0.348. The first-order chi connectivity index (χ1) is 18.4. The van der Waals surface area contributed by atoms with E-state index < -0.39 is 29.3 Å². The molecule has 0 aliphatic rings. The molecule has 0 saturated heterocycles. The van der Waals surface area contributed by atoms with Gasteiger partial charge in [-0.3, -0.25) is 9.59 Å². The predicted octanol–water partition coefficient (Wildman–Crippen LogP) is 7.11. The standard InChI is InChI=1S/C33H49N3O4/c1-12-24-16-18-25(19-17-24)28(29(37)35-27-22(4)14-13-15-23(27)5)36(32(6,7)8)30(38)26(20-21(2)3)34-31(39)40-33(9,10)11/h13-19,21,26,28H,12,20H2,1-11H3,(H,34,39)(H,35,37). The number of amides is 3. The van der Waals surface area contributed by atoms with Crippen molar-refractivity contribution in [2.24, 2.45) is 5.92 Å². The van der Waals surface area contributed by atoms with Gasteiger partial charge < -0.3 is 20.3 Å². The molecule has 40 heavy (non-hydrogen) atoms. The van der Waals surface area contributed by atoms with Crippen molar-refractivity contribution in [2.75, 3.05) is 5.32 Å². The predicted molar refractivity (Wildman–Crippen MR) is 162 cm³/mol. The number of nitrogens with one attached hydrogen (secondary N) is 2. The highest BCUT2D eigenvalue weighted by Crippen LogP contribution is 2.33. The second-order valence-electron chi connectivity index (χ2n) is 13.0. The fourth-order valence-corrected chi connectivity index (χ4v) is 4.71. The SMILES string of the molecule is CCc1ccc(C(C(=O)Nc2c(C)cccc2C)N(C(=O)C(CC(C)C)NC(=O)OC(C)(C)C)C(C)(C)C)cc1. The molecule has 7 heteroatoms. The Kier molecular flexibility index (Phi) is 11.0. The number of benzene rings is 2. The highest BCUT2D eigenvalue weighted by molar-refractivity contribution is 6.00. The number of ether oxygens (including phenoxy) is 1. The van der Waals surface area contributed by atoms with E-state index in [1.54, 1.807) is 25.7 Å². The summed E-state index contributed by atoms with van der Waals surface area (Å²) < 4.78 is 5.49. The molecule has 2 aromatic rings. The lowest BCUT2D eigenvalue weighted by Crippen LogP contribution is -2.58. The first kappa shape index (κ1) is 32.9. The second kappa shape index (κ2) is 13.3. The largest absolute Gasteiger partial charge is 0.444 e. The molecule has 2 N–H and O–H groups in total. The van der Waals surface area contributed by atoms with Crippen molar-refractivity contribution >= 4 is 23.6 Å². The minimum atomic E-state index is -0.937. The Morgan fingerprint density at radius 3 is 1.90 bits per heavy atom. The van der Waals surface area contributed by atoms with Crippen molar-refractivity contribution in [3.05, 3.63) is 64.7 Å². The highest BCUT2D eigenvalue weighted by atomic mass is 16.6. The molecule has 7 nitrogen and oxygen atoms in total. The third-order valence-electron chi connectivity index (χ3n) is 6.60. The van der Waals surface area contributed by atoms with Crippen LogP contribution in [0.15, 0.2) is 42.5 Å². The van der Waals surface area contributed by atoms with Gasteiger partial charge in [-0.1, -0.05) is 63.2 Å². The summed E-state index contributed by atoms with van der Waals surface area (Å²) in [7, 11) is 0. The summed E-state index contributed by atoms with van der Waals surface area (Å²) in [5, 5.41) is 5.92. The van der Waals surface area contributed by atoms with E-state index in [1.165, 1.54) is 0 Å². The van der Waals surface area contributed by atoms with E-state index in [0.29, 0.717) is 12.0 Å². The van der Waals surface area contributed by atoms with Crippen molar-refractivity contribution in [3.63, 3.8) is 0 Å². The third-order valence-corrected chi connectivity index (χ3v) is 6.60. The lowest BCUT2D eigenvalue weighted by atomic mass is 9.93. The molecule has 0 bridgehead atoms. The third kappa shape index (κ3) is 9.10. The van der Waals surface area contributed by atoms with E-state index in [1.807, 2.05) is 90.9 Å². The highest BCUT2D eigenvalue weighted by Gasteiger charge is 2.42. The first-order valence-electron chi connectivity index (χ1n) is 14.2. The van der Waals surface area contributed by atoms with Crippen LogP contribution in [0.5, 0.6) is 0 Å². The Hall–Kier alpha value is -3.35. The van der Waals surface area contributed by atoms with E-state index in [0.717, 1.165) is 28.8 Å². The number of hydrogen-bond acceptors (Lipinski definition) is 4. The van der Waals surface area contributed by atoms with Gasteiger partial charge in [-0.05, 0) is 96.4 Å². The lowest BCUT2D eigenvalue weighted by molar-refractivity contribution is -0.147. The molecule has 3 amide bonds. The molecule has 0 spiro atoms. The molecule has 0 aliphatic heterocycles. The maximum Gasteiger partial charge on any atom is 0.408 e. The number of hydrogen-bond donors (Lipinski definition) is 2. The Labute approximate surface area is 241 Å². The van der Waals surface area contributed by atoms with Gasteiger partial charge in [-0.25, -0.2) is 4.79 Å². The van der Waals surface area contributed by atoms with Gasteiger partial charge in [-0.15, -0.1) is 0 Å². The molecule has 2 unspecified atom stereocenters. The molecule has 0 radical (unpaired) electrons. The summed E-state index contributed by atoms with van der Waals surface area (Å²) in [6, 6.07) is 11.8. The van der Waals surface area contributed by atoms with Gasteiger partial charge in [0.05, 0.1) is 0 Å². The van der Waals surface area contributed by atoms with Crippen molar-refractivity contribution in [1.29, 1.82) is 0 Å². The summed E-state index contributed by atoms with van der Waals surface area (Å²) in [4.78, 5) is 43.0. The number of para-hydroxylation sites is 1. The Morgan fingerprint density at radius 1 is 0.900 bits per heavy atom. The van der Waals surface area contributed by atoms with Crippen LogP contribution >= 0.6 is 0 Å². The van der Waals surface area contributed by atoms with Gasteiger partial charge in [-0.2, -0.15) is 0 Å². The maximum absolute atomic E-state index is 14.4. The fraction of sp³-hybridized carbons (Fsp3) is 0.545. The van der Waals surface area contributed by atoms with Crippen LogP contribution in [0.2, 0.25) is 0 Å². The summed E-state index contributed by atoms with van der Waals surface area (Å²) in [6.45, 7) is 21.0. The van der Waals surface area contributed by atoms with Crippen LogP contribution in [-0.4, -0.2) is 40.0 Å². The smallest absolute Gasteiger partial charge is 0.408 e. The first-order valence-corrected chi connectivity index (χ1v) is 14.2. The van der Waals surface area contributed by atoms with Crippen LogP contribution in [0.1, 0.15) is 97.0 Å². The second-order valence-corrected chi connectivity index (χ2v) is 13.0. The molecular weight excluding hydrogens is 502 g/mol. The number of alkyl carbamates (subject to hydrolysis) is 1. The number of nitrogens with zero attached hydrogens (tertiary/aromatic N) is 1. The van der Waals surface area contributed by atoms with Crippen molar-refractivity contribution in [1.82, 2.24) is 10.2 Å². The number of aryl methyl sites for hydroxylation is 3. The number of carbonyl (C=O) groups excluding carboxylic acids is 3. The average molecular weight is 552 g/mol. The van der Waals surface area contributed by atoms with E-state index in [9.17, 15) is 14.4 Å². The van der Waals surface area contributed by atoms with E-state index in [2.05, 4.69) is 17.6 Å². The molecule has 2 rings (SSSR count). The van der Waals surface area contributed by atoms with Gasteiger partial charge in [0.1, 0.15) is 17.7 Å². The minimum absolute atomic E-state index is 0.108. The summed E-state index contributed by atoms with van der Waals surface area (Å²) in [5.41, 5.74) is 2.97. The Balaban J connectivity index is 2.64. The van der Waals surface area contributed by atoms with E-state index in [-0.39, 0.29) is 17.7 Å². The molecule has 2 aromatic carbocycles. The van der Waals surface area contributed by atoms with Gasteiger partial charge in [0, 0.05) is 11.2 Å². The molecule has 0 aliphatic carbocycles. The summed E-state index contributed by atoms with van der Waals surface area (Å²) in [5.74, 6) is -0.546. The molecule has 220 valence electrons. The zero-order chi connectivity index (χ0) is 30.4. The van der Waals surface area contributed by atoms with Crippen LogP contribution in [0.25, 0.3) is 0 Å². The average Bonchev–Trinajstić information content (AvgIpc) is 2.81. The molecule has 2 atom stereocenters. The van der Waals surface area contributed by atoms with Gasteiger partial charge in [0.15, 0.2) is 0 Å². The fourth-order valence-electron chi connectivity index (χ4n) is 4.71. The number of rotatable bonds is 9. The molecule has 0 fully saturated rings. The summed E-state index contributed by atoms with van der Waals surface area (Å²) in [6.07, 6.45) is 0.590. The van der Waals surface area contributed by atoms with Crippen LogP contribution < -0.4 is 10.6 Å². The van der Waals surface area contributed by atoms with Crippen LogP contribution in [0, 0.1) is 19.8 Å². The Bertz CT molecular complexity index is 1150. The Morgan fingerprint density at radius 2 is 1.45 bits per heavy atom. The van der Waals surface area contributed by atoms with Crippen molar-refractivity contribution < 1.29 is 19.1 Å². The van der Waals surface area contributed by atoms with Crippen molar-refractivity contribution in [2.45, 2.75) is 112 Å². The number of anilines is 1. The summed E-state index contributed by atoms with van der Waals surface area (Å²) >= 11 is 0. The maximum atomic E-state index is 14.4. The lowest BCUT2D eigenvalue weighted by Gasteiger charge is -2.43. The van der Waals surface area contributed by atoms with Gasteiger partial charge >= 0.3 is 6.09 Å². The molecular formula is C33H49N3O4.